The molecule has 1 atom stereocenters. The standard InChI is InChI=1S/C17H17NO5/c1-12(23-16(19)10-9-13-6-5-11-22-13)17(20)18-14-7-3-4-8-15(14)21-2/h3-12H,1-2H3,(H,18,20)/b10-9+/t12-/m0/s1. The van der Waals surface area contributed by atoms with E-state index in [9.17, 15) is 9.59 Å². The van der Waals surface area contributed by atoms with E-state index in [1.165, 1.54) is 32.4 Å². The van der Waals surface area contributed by atoms with Crippen molar-refractivity contribution in [1.29, 1.82) is 0 Å². The van der Waals surface area contributed by atoms with Gasteiger partial charge < -0.3 is 19.2 Å². The van der Waals surface area contributed by atoms with Gasteiger partial charge in [0, 0.05) is 6.08 Å². The van der Waals surface area contributed by atoms with Crippen LogP contribution in [0.25, 0.3) is 6.08 Å². The first kappa shape index (κ1) is 16.4. The number of methoxy groups -OCH3 is 1. The molecule has 0 spiro atoms. The molecule has 6 heteroatoms. The summed E-state index contributed by atoms with van der Waals surface area (Å²) in [6.07, 6.45) is 3.21. The van der Waals surface area contributed by atoms with E-state index in [0.29, 0.717) is 17.2 Å². The third-order valence-corrected chi connectivity index (χ3v) is 2.95. The molecule has 0 unspecified atom stereocenters. The molecule has 1 aromatic heterocycles. The molecule has 120 valence electrons. The summed E-state index contributed by atoms with van der Waals surface area (Å²) in [6.45, 7) is 1.49. The lowest BCUT2D eigenvalue weighted by atomic mass is 10.2. The van der Waals surface area contributed by atoms with Gasteiger partial charge in [0.2, 0.25) is 0 Å². The average Bonchev–Trinajstić information content (AvgIpc) is 3.06. The van der Waals surface area contributed by atoms with E-state index in [2.05, 4.69) is 5.32 Å². The molecular formula is C17H17NO5. The summed E-state index contributed by atoms with van der Waals surface area (Å²) in [5.41, 5.74) is 0.508. The number of amides is 1. The highest BCUT2D eigenvalue weighted by atomic mass is 16.5. The lowest BCUT2D eigenvalue weighted by Gasteiger charge is -2.14. The molecular weight excluding hydrogens is 298 g/mol. The van der Waals surface area contributed by atoms with Crippen LogP contribution in [0.5, 0.6) is 5.75 Å². The molecule has 2 rings (SSSR count). The van der Waals surface area contributed by atoms with Crippen molar-refractivity contribution < 1.29 is 23.5 Å². The molecule has 2 aromatic rings. The van der Waals surface area contributed by atoms with E-state index in [-0.39, 0.29) is 0 Å². The SMILES string of the molecule is COc1ccccc1NC(=O)[C@H](C)OC(=O)/C=C/c1ccco1. The van der Waals surface area contributed by atoms with Gasteiger partial charge in [0.15, 0.2) is 6.10 Å². The van der Waals surface area contributed by atoms with Crippen LogP contribution in [-0.4, -0.2) is 25.1 Å². The summed E-state index contributed by atoms with van der Waals surface area (Å²) in [7, 11) is 1.51. The zero-order valence-corrected chi connectivity index (χ0v) is 12.8. The number of carbonyl (C=O) groups is 2. The maximum atomic E-state index is 12.1. The summed E-state index contributed by atoms with van der Waals surface area (Å²) in [4.78, 5) is 23.7. The first-order valence-electron chi connectivity index (χ1n) is 6.96. The molecule has 0 saturated heterocycles. The van der Waals surface area contributed by atoms with Crippen molar-refractivity contribution in [3.05, 3.63) is 54.5 Å². The van der Waals surface area contributed by atoms with Gasteiger partial charge in [0.1, 0.15) is 11.5 Å². The predicted molar refractivity (Wildman–Crippen MR) is 84.9 cm³/mol. The molecule has 1 N–H and O–H groups in total. The first-order valence-corrected chi connectivity index (χ1v) is 6.96. The minimum Gasteiger partial charge on any atom is -0.495 e. The average molecular weight is 315 g/mol. The number of benzene rings is 1. The molecule has 0 fully saturated rings. The first-order chi connectivity index (χ1) is 11.1. The zero-order chi connectivity index (χ0) is 16.7. The van der Waals surface area contributed by atoms with Gasteiger partial charge in [-0.25, -0.2) is 4.79 Å². The van der Waals surface area contributed by atoms with E-state index >= 15 is 0 Å². The molecule has 0 saturated carbocycles. The number of hydrogen-bond donors (Lipinski definition) is 1. The monoisotopic (exact) mass is 315 g/mol. The quantitative estimate of drug-likeness (QED) is 0.655. The second kappa shape index (κ2) is 7.84. The van der Waals surface area contributed by atoms with Crippen molar-refractivity contribution in [2.75, 3.05) is 12.4 Å². The number of hydrogen-bond acceptors (Lipinski definition) is 5. The van der Waals surface area contributed by atoms with E-state index in [4.69, 9.17) is 13.9 Å². The summed E-state index contributed by atoms with van der Waals surface area (Å²) in [6, 6.07) is 10.4. The number of nitrogens with one attached hydrogen (secondary N) is 1. The minimum atomic E-state index is -0.950. The van der Waals surface area contributed by atoms with Crippen LogP contribution in [0.2, 0.25) is 0 Å². The van der Waals surface area contributed by atoms with Gasteiger partial charge in [0.05, 0.1) is 19.1 Å². The Morgan fingerprint density at radius 1 is 1.22 bits per heavy atom. The number of anilines is 1. The third kappa shape index (κ3) is 4.74. The molecule has 0 bridgehead atoms. The fourth-order valence-corrected chi connectivity index (χ4v) is 1.79. The molecule has 0 aliphatic rings. The smallest absolute Gasteiger partial charge is 0.331 e. The molecule has 0 aliphatic heterocycles. The molecule has 0 radical (unpaired) electrons. The maximum absolute atomic E-state index is 12.1. The van der Waals surface area contributed by atoms with Gasteiger partial charge in [-0.1, -0.05) is 12.1 Å². The van der Waals surface area contributed by atoms with Crippen LogP contribution in [0.4, 0.5) is 5.69 Å². The molecule has 1 heterocycles. The molecule has 1 amide bonds. The number of carbonyl (C=O) groups excluding carboxylic acids is 2. The topological polar surface area (TPSA) is 77.8 Å². The lowest BCUT2D eigenvalue weighted by molar-refractivity contribution is -0.148. The fourth-order valence-electron chi connectivity index (χ4n) is 1.79. The second-order valence-corrected chi connectivity index (χ2v) is 4.62. The van der Waals surface area contributed by atoms with Crippen LogP contribution in [0, 0.1) is 0 Å². The van der Waals surface area contributed by atoms with Crippen molar-refractivity contribution in [2.45, 2.75) is 13.0 Å². The van der Waals surface area contributed by atoms with Crippen molar-refractivity contribution in [3.8, 4) is 5.75 Å². The molecule has 0 aliphatic carbocycles. The Morgan fingerprint density at radius 3 is 2.70 bits per heavy atom. The van der Waals surface area contributed by atoms with Crippen LogP contribution in [0.3, 0.4) is 0 Å². The largest absolute Gasteiger partial charge is 0.495 e. The number of para-hydroxylation sites is 2. The van der Waals surface area contributed by atoms with Gasteiger partial charge in [-0.15, -0.1) is 0 Å². The van der Waals surface area contributed by atoms with E-state index < -0.39 is 18.0 Å². The zero-order valence-electron chi connectivity index (χ0n) is 12.8. The Morgan fingerprint density at radius 2 is 2.00 bits per heavy atom. The number of furan rings is 1. The van der Waals surface area contributed by atoms with Crippen molar-refractivity contribution in [3.63, 3.8) is 0 Å². The highest BCUT2D eigenvalue weighted by molar-refractivity contribution is 5.97. The normalized spacial score (nSPS) is 11.9. The maximum Gasteiger partial charge on any atom is 0.331 e. The van der Waals surface area contributed by atoms with Crippen LogP contribution in [-0.2, 0) is 14.3 Å². The van der Waals surface area contributed by atoms with Gasteiger partial charge in [-0.2, -0.15) is 0 Å². The summed E-state index contributed by atoms with van der Waals surface area (Å²) >= 11 is 0. The Labute approximate surface area is 133 Å². The van der Waals surface area contributed by atoms with E-state index in [0.717, 1.165) is 0 Å². The fraction of sp³-hybridized carbons (Fsp3) is 0.176. The number of esters is 1. The molecule has 6 nitrogen and oxygen atoms in total. The van der Waals surface area contributed by atoms with Crippen LogP contribution < -0.4 is 10.1 Å². The van der Waals surface area contributed by atoms with Crippen LogP contribution in [0.15, 0.2) is 53.2 Å². The van der Waals surface area contributed by atoms with Crippen molar-refractivity contribution in [1.82, 2.24) is 0 Å². The van der Waals surface area contributed by atoms with Gasteiger partial charge in [0.25, 0.3) is 5.91 Å². The van der Waals surface area contributed by atoms with E-state index in [1.807, 2.05) is 0 Å². The predicted octanol–water partition coefficient (Wildman–Crippen LogP) is 2.87. The highest BCUT2D eigenvalue weighted by Gasteiger charge is 2.18. The highest BCUT2D eigenvalue weighted by Crippen LogP contribution is 2.23. The Hall–Kier alpha value is -3.02. The van der Waals surface area contributed by atoms with E-state index in [1.54, 1.807) is 36.4 Å². The third-order valence-electron chi connectivity index (χ3n) is 2.95. The Kier molecular flexibility index (Phi) is 5.57. The van der Waals surface area contributed by atoms with Gasteiger partial charge >= 0.3 is 5.97 Å². The summed E-state index contributed by atoms with van der Waals surface area (Å²) in [5, 5.41) is 2.65. The Bertz CT molecular complexity index is 691. The number of ether oxygens (including phenoxy) is 2. The Balaban J connectivity index is 1.90. The minimum absolute atomic E-state index is 0.450. The molecule has 23 heavy (non-hydrogen) atoms. The summed E-state index contributed by atoms with van der Waals surface area (Å²) < 4.78 is 15.2. The van der Waals surface area contributed by atoms with Gasteiger partial charge in [-0.3, -0.25) is 4.79 Å². The van der Waals surface area contributed by atoms with Crippen molar-refractivity contribution >= 4 is 23.6 Å². The second-order valence-electron chi connectivity index (χ2n) is 4.62. The lowest BCUT2D eigenvalue weighted by Crippen LogP contribution is -2.29. The van der Waals surface area contributed by atoms with Gasteiger partial charge in [-0.05, 0) is 37.3 Å². The number of rotatable bonds is 6. The van der Waals surface area contributed by atoms with Crippen LogP contribution in [0.1, 0.15) is 12.7 Å². The van der Waals surface area contributed by atoms with Crippen molar-refractivity contribution in [2.24, 2.45) is 0 Å². The molecule has 1 aromatic carbocycles. The summed E-state index contributed by atoms with van der Waals surface area (Å²) in [5.74, 6) is -0.0384. The van der Waals surface area contributed by atoms with Crippen LogP contribution >= 0.6 is 0 Å².